The molecular formula is C28H30N2O4. The fraction of sp³-hybridized carbons (Fsp3) is 0.286. The van der Waals surface area contributed by atoms with E-state index in [0.29, 0.717) is 32.5 Å². The van der Waals surface area contributed by atoms with Crippen LogP contribution < -0.4 is 20.1 Å². The molecule has 3 aromatic rings. The lowest BCUT2D eigenvalue weighted by molar-refractivity contribution is -0.117. The van der Waals surface area contributed by atoms with Crippen LogP contribution in [0.2, 0.25) is 0 Å². The zero-order valence-corrected chi connectivity index (χ0v) is 19.6. The lowest BCUT2D eigenvalue weighted by Gasteiger charge is -2.17. The van der Waals surface area contributed by atoms with Gasteiger partial charge in [-0.1, -0.05) is 29.8 Å². The average Bonchev–Trinajstić information content (AvgIpc) is 2.82. The molecule has 0 aliphatic carbocycles. The molecule has 0 aromatic heterocycles. The first-order valence-electron chi connectivity index (χ1n) is 11.6. The second-order valence-electron chi connectivity index (χ2n) is 8.62. The van der Waals surface area contributed by atoms with Crippen molar-refractivity contribution in [3.8, 4) is 11.5 Å². The molecule has 2 amide bonds. The molecule has 0 saturated carbocycles. The van der Waals surface area contributed by atoms with Crippen LogP contribution in [0.5, 0.6) is 11.5 Å². The molecule has 0 unspecified atom stereocenters. The molecule has 0 atom stereocenters. The molecule has 1 aliphatic heterocycles. The van der Waals surface area contributed by atoms with Crippen molar-refractivity contribution >= 4 is 23.2 Å². The Bertz CT molecular complexity index is 1190. The Morgan fingerprint density at radius 1 is 0.971 bits per heavy atom. The molecule has 0 saturated heterocycles. The molecule has 4 rings (SSSR count). The summed E-state index contributed by atoms with van der Waals surface area (Å²) >= 11 is 0. The van der Waals surface area contributed by atoms with E-state index in [2.05, 4.69) is 29.7 Å². The summed E-state index contributed by atoms with van der Waals surface area (Å²) < 4.78 is 11.7. The van der Waals surface area contributed by atoms with Crippen molar-refractivity contribution in [1.29, 1.82) is 0 Å². The van der Waals surface area contributed by atoms with E-state index < -0.39 is 0 Å². The summed E-state index contributed by atoms with van der Waals surface area (Å²) in [6.07, 6.45) is 2.19. The van der Waals surface area contributed by atoms with E-state index in [4.69, 9.17) is 9.47 Å². The van der Waals surface area contributed by atoms with Crippen LogP contribution in [0.15, 0.2) is 60.7 Å². The number of aryl methyl sites for hydroxylation is 3. The highest BCUT2D eigenvalue weighted by atomic mass is 16.5. The van der Waals surface area contributed by atoms with Crippen molar-refractivity contribution in [1.82, 2.24) is 0 Å². The van der Waals surface area contributed by atoms with Gasteiger partial charge in [-0.25, -0.2) is 0 Å². The Labute approximate surface area is 200 Å². The molecule has 34 heavy (non-hydrogen) atoms. The predicted octanol–water partition coefficient (Wildman–Crippen LogP) is 5.56. The van der Waals surface area contributed by atoms with Gasteiger partial charge in [0.05, 0.1) is 6.61 Å². The summed E-state index contributed by atoms with van der Waals surface area (Å²) in [5.74, 6) is 1.53. The van der Waals surface area contributed by atoms with Crippen LogP contribution in [0.3, 0.4) is 0 Å². The zero-order valence-electron chi connectivity index (χ0n) is 19.6. The van der Waals surface area contributed by atoms with Crippen LogP contribution in [0.4, 0.5) is 11.4 Å². The second kappa shape index (κ2) is 10.9. The number of carbonyl (C=O) groups excluding carboxylic acids is 2. The first kappa shape index (κ1) is 23.4. The van der Waals surface area contributed by atoms with Crippen LogP contribution in [0, 0.1) is 13.8 Å². The quantitative estimate of drug-likeness (QED) is 0.411. The van der Waals surface area contributed by atoms with Gasteiger partial charge in [-0.15, -0.1) is 0 Å². The van der Waals surface area contributed by atoms with Gasteiger partial charge in [0, 0.05) is 24.2 Å². The van der Waals surface area contributed by atoms with Crippen molar-refractivity contribution in [2.45, 2.75) is 46.1 Å². The molecule has 0 bridgehead atoms. The molecule has 1 aliphatic rings. The van der Waals surface area contributed by atoms with Gasteiger partial charge < -0.3 is 20.1 Å². The van der Waals surface area contributed by atoms with E-state index in [1.54, 1.807) is 0 Å². The Hall–Kier alpha value is -3.80. The van der Waals surface area contributed by atoms with Crippen LogP contribution in [-0.4, -0.2) is 18.4 Å². The van der Waals surface area contributed by atoms with E-state index in [-0.39, 0.29) is 11.8 Å². The maximum Gasteiger partial charge on any atom is 0.224 e. The van der Waals surface area contributed by atoms with E-state index in [1.165, 1.54) is 5.56 Å². The van der Waals surface area contributed by atoms with Gasteiger partial charge in [0.2, 0.25) is 11.8 Å². The second-order valence-corrected chi connectivity index (χ2v) is 8.62. The number of rotatable bonds is 9. The largest absolute Gasteiger partial charge is 0.494 e. The number of nitrogens with one attached hydrogen (secondary N) is 2. The number of benzene rings is 3. The third-order valence-corrected chi connectivity index (χ3v) is 5.75. The minimum atomic E-state index is -0.0479. The number of amides is 2. The standard InChI is InChI=1S/C28H30N2O4/c1-19-5-3-6-21(15-19)18-34-23-9-11-25(20(2)16-23)29-27(31)7-4-14-33-24-10-12-26-22(17-24)8-13-28(32)30-26/h3,5-6,9-12,15-17H,4,7-8,13-14,18H2,1-2H3,(H,29,31)(H,30,32). The van der Waals surface area contributed by atoms with Crippen LogP contribution >= 0.6 is 0 Å². The lowest BCUT2D eigenvalue weighted by Crippen LogP contribution is -2.18. The van der Waals surface area contributed by atoms with Gasteiger partial charge in [-0.05, 0) is 79.8 Å². The summed E-state index contributed by atoms with van der Waals surface area (Å²) in [6.45, 7) is 4.97. The highest BCUT2D eigenvalue weighted by Crippen LogP contribution is 2.27. The predicted molar refractivity (Wildman–Crippen MR) is 133 cm³/mol. The first-order valence-corrected chi connectivity index (χ1v) is 11.6. The van der Waals surface area contributed by atoms with E-state index in [9.17, 15) is 9.59 Å². The van der Waals surface area contributed by atoms with Gasteiger partial charge >= 0.3 is 0 Å². The maximum atomic E-state index is 12.4. The zero-order chi connectivity index (χ0) is 23.9. The molecule has 3 aromatic carbocycles. The van der Waals surface area contributed by atoms with Crippen molar-refractivity contribution in [3.05, 3.63) is 82.9 Å². The number of hydrogen-bond acceptors (Lipinski definition) is 4. The van der Waals surface area contributed by atoms with E-state index in [0.717, 1.165) is 46.0 Å². The number of hydrogen-bond donors (Lipinski definition) is 2. The fourth-order valence-electron chi connectivity index (χ4n) is 3.92. The molecule has 6 heteroatoms. The Morgan fingerprint density at radius 3 is 2.62 bits per heavy atom. The highest BCUT2D eigenvalue weighted by Gasteiger charge is 2.15. The monoisotopic (exact) mass is 458 g/mol. The molecule has 176 valence electrons. The molecule has 1 heterocycles. The first-order chi connectivity index (χ1) is 16.5. The van der Waals surface area contributed by atoms with E-state index >= 15 is 0 Å². The van der Waals surface area contributed by atoms with Gasteiger partial charge in [0.1, 0.15) is 18.1 Å². The SMILES string of the molecule is Cc1cccc(COc2ccc(NC(=O)CCCOc3ccc4c(c3)CCC(=O)N4)c(C)c2)c1. The van der Waals surface area contributed by atoms with Crippen LogP contribution in [0.25, 0.3) is 0 Å². The minimum Gasteiger partial charge on any atom is -0.494 e. The molecule has 0 spiro atoms. The smallest absolute Gasteiger partial charge is 0.224 e. The third kappa shape index (κ3) is 6.38. The number of anilines is 2. The van der Waals surface area contributed by atoms with Crippen molar-refractivity contribution in [2.75, 3.05) is 17.2 Å². The summed E-state index contributed by atoms with van der Waals surface area (Å²) in [5.41, 5.74) is 6.00. The topological polar surface area (TPSA) is 76.7 Å². The van der Waals surface area contributed by atoms with Gasteiger partial charge in [-0.3, -0.25) is 9.59 Å². The summed E-state index contributed by atoms with van der Waals surface area (Å²) in [7, 11) is 0. The normalized spacial score (nSPS) is 12.5. The van der Waals surface area contributed by atoms with Crippen LogP contribution in [-0.2, 0) is 22.6 Å². The lowest BCUT2D eigenvalue weighted by atomic mass is 10.0. The average molecular weight is 459 g/mol. The summed E-state index contributed by atoms with van der Waals surface area (Å²) in [6, 6.07) is 19.6. The van der Waals surface area contributed by atoms with Gasteiger partial charge in [-0.2, -0.15) is 0 Å². The Morgan fingerprint density at radius 2 is 1.79 bits per heavy atom. The molecule has 0 radical (unpaired) electrons. The molecule has 2 N–H and O–H groups in total. The Balaban J connectivity index is 1.20. The van der Waals surface area contributed by atoms with Crippen molar-refractivity contribution < 1.29 is 19.1 Å². The minimum absolute atomic E-state index is 0.0479. The molecular weight excluding hydrogens is 428 g/mol. The highest BCUT2D eigenvalue weighted by molar-refractivity contribution is 5.94. The Kier molecular flexibility index (Phi) is 7.48. The van der Waals surface area contributed by atoms with Crippen molar-refractivity contribution in [3.63, 3.8) is 0 Å². The molecule has 6 nitrogen and oxygen atoms in total. The number of ether oxygens (including phenoxy) is 2. The number of fused-ring (bicyclic) bond motifs is 1. The van der Waals surface area contributed by atoms with Gasteiger partial charge in [0.15, 0.2) is 0 Å². The maximum absolute atomic E-state index is 12.4. The third-order valence-electron chi connectivity index (χ3n) is 5.75. The molecule has 0 fully saturated rings. The van der Waals surface area contributed by atoms with E-state index in [1.807, 2.05) is 55.5 Å². The van der Waals surface area contributed by atoms with Gasteiger partial charge in [0.25, 0.3) is 0 Å². The fourth-order valence-corrected chi connectivity index (χ4v) is 3.92. The summed E-state index contributed by atoms with van der Waals surface area (Å²) in [5, 5.41) is 5.83. The number of carbonyl (C=O) groups is 2. The summed E-state index contributed by atoms with van der Waals surface area (Å²) in [4.78, 5) is 23.8. The van der Waals surface area contributed by atoms with Crippen LogP contribution in [0.1, 0.15) is 41.5 Å². The van der Waals surface area contributed by atoms with Crippen molar-refractivity contribution in [2.24, 2.45) is 0 Å².